The van der Waals surface area contributed by atoms with Gasteiger partial charge in [0.2, 0.25) is 0 Å². The summed E-state index contributed by atoms with van der Waals surface area (Å²) in [4.78, 5) is 12.1. The molecule has 2 rings (SSSR count). The number of carbonyl (C=O) groups excluding carboxylic acids is 1. The first kappa shape index (κ1) is 22.6. The van der Waals surface area contributed by atoms with Gasteiger partial charge in [0.25, 0.3) is 0 Å². The number of hydrogen-bond acceptors (Lipinski definition) is 4. The van der Waals surface area contributed by atoms with Crippen molar-refractivity contribution in [3.05, 3.63) is 59.7 Å². The highest BCUT2D eigenvalue weighted by molar-refractivity contribution is 5.68. The molecule has 0 aliphatic carbocycles. The molecule has 5 heteroatoms. The van der Waals surface area contributed by atoms with Crippen molar-refractivity contribution in [2.24, 2.45) is 0 Å². The summed E-state index contributed by atoms with van der Waals surface area (Å²) in [5.74, 6) is 1.42. The molecule has 1 amide bonds. The molecule has 0 saturated carbocycles. The second-order valence-electron chi connectivity index (χ2n) is 8.02. The van der Waals surface area contributed by atoms with Crippen LogP contribution in [0.5, 0.6) is 11.5 Å². The molecule has 0 saturated heterocycles. The molecule has 158 valence electrons. The minimum absolute atomic E-state index is 0.0181. The van der Waals surface area contributed by atoms with E-state index in [1.54, 1.807) is 7.11 Å². The first-order chi connectivity index (χ1) is 13.8. The summed E-state index contributed by atoms with van der Waals surface area (Å²) in [5, 5.41) is 2.95. The van der Waals surface area contributed by atoms with Gasteiger partial charge < -0.3 is 19.5 Å². The van der Waals surface area contributed by atoms with E-state index in [2.05, 4.69) is 17.4 Å². The van der Waals surface area contributed by atoms with Gasteiger partial charge >= 0.3 is 6.09 Å². The summed E-state index contributed by atoms with van der Waals surface area (Å²) in [7, 11) is 1.64. The first-order valence-electron chi connectivity index (χ1n) is 10.1. The van der Waals surface area contributed by atoms with Crippen LogP contribution in [-0.4, -0.2) is 31.5 Å². The fraction of sp³-hybridized carbons (Fsp3) is 0.458. The standard InChI is InChI=1S/C24H33NO4/c1-6-20(25-23(26)29-24(2,3)4)16-19-12-13-21(27-5)22(17-19)28-15-14-18-10-8-7-9-11-18/h7-13,17,20H,6,14-16H2,1-5H3,(H,25,26). The van der Waals surface area contributed by atoms with Crippen molar-refractivity contribution in [2.45, 2.75) is 58.6 Å². The van der Waals surface area contributed by atoms with Crippen LogP contribution in [0.3, 0.4) is 0 Å². The Morgan fingerprint density at radius 3 is 2.38 bits per heavy atom. The highest BCUT2D eigenvalue weighted by Gasteiger charge is 2.19. The Kier molecular flexibility index (Phi) is 8.37. The van der Waals surface area contributed by atoms with Crippen molar-refractivity contribution in [1.29, 1.82) is 0 Å². The van der Waals surface area contributed by atoms with Gasteiger partial charge in [-0.15, -0.1) is 0 Å². The smallest absolute Gasteiger partial charge is 0.407 e. The topological polar surface area (TPSA) is 56.8 Å². The first-order valence-corrected chi connectivity index (χ1v) is 10.1. The van der Waals surface area contributed by atoms with Crippen molar-refractivity contribution in [1.82, 2.24) is 5.32 Å². The molecule has 0 bridgehead atoms. The maximum absolute atomic E-state index is 12.1. The quantitative estimate of drug-likeness (QED) is 0.633. The van der Waals surface area contributed by atoms with E-state index in [4.69, 9.17) is 14.2 Å². The van der Waals surface area contributed by atoms with E-state index < -0.39 is 11.7 Å². The molecule has 0 fully saturated rings. The van der Waals surface area contributed by atoms with Gasteiger partial charge in [-0.3, -0.25) is 0 Å². The monoisotopic (exact) mass is 399 g/mol. The van der Waals surface area contributed by atoms with Crippen LogP contribution in [0.15, 0.2) is 48.5 Å². The lowest BCUT2D eigenvalue weighted by molar-refractivity contribution is 0.0503. The zero-order valence-corrected chi connectivity index (χ0v) is 18.2. The second kappa shape index (κ2) is 10.7. The zero-order valence-electron chi connectivity index (χ0n) is 18.2. The molecule has 2 aromatic carbocycles. The van der Waals surface area contributed by atoms with Crippen molar-refractivity contribution >= 4 is 6.09 Å². The van der Waals surface area contributed by atoms with Crippen LogP contribution in [0.25, 0.3) is 0 Å². The van der Waals surface area contributed by atoms with Gasteiger partial charge in [0.1, 0.15) is 5.60 Å². The molecule has 0 aliphatic heterocycles. The van der Waals surface area contributed by atoms with E-state index in [1.807, 2.05) is 64.1 Å². The molecular formula is C24H33NO4. The van der Waals surface area contributed by atoms with Gasteiger partial charge in [0.15, 0.2) is 11.5 Å². The minimum atomic E-state index is -0.512. The molecule has 0 heterocycles. The molecule has 1 atom stereocenters. The molecule has 0 radical (unpaired) electrons. The number of benzene rings is 2. The maximum Gasteiger partial charge on any atom is 0.407 e. The van der Waals surface area contributed by atoms with E-state index in [1.165, 1.54) is 5.56 Å². The van der Waals surface area contributed by atoms with Gasteiger partial charge in [0.05, 0.1) is 13.7 Å². The summed E-state index contributed by atoms with van der Waals surface area (Å²) >= 11 is 0. The Morgan fingerprint density at radius 2 is 1.76 bits per heavy atom. The lowest BCUT2D eigenvalue weighted by Crippen LogP contribution is -2.39. The highest BCUT2D eigenvalue weighted by atomic mass is 16.6. The lowest BCUT2D eigenvalue weighted by Gasteiger charge is -2.23. The molecule has 0 spiro atoms. The number of amides is 1. The SMILES string of the molecule is CCC(Cc1ccc(OC)c(OCCc2ccccc2)c1)NC(=O)OC(C)(C)C. The largest absolute Gasteiger partial charge is 0.493 e. The van der Waals surface area contributed by atoms with Crippen LogP contribution in [0.2, 0.25) is 0 Å². The number of nitrogens with one attached hydrogen (secondary N) is 1. The molecule has 1 N–H and O–H groups in total. The molecule has 29 heavy (non-hydrogen) atoms. The van der Waals surface area contributed by atoms with Gasteiger partial charge in [-0.05, 0) is 56.9 Å². The number of carbonyl (C=O) groups is 1. The van der Waals surface area contributed by atoms with E-state index in [0.717, 1.165) is 18.4 Å². The third-order valence-corrected chi connectivity index (χ3v) is 4.41. The van der Waals surface area contributed by atoms with E-state index >= 15 is 0 Å². The van der Waals surface area contributed by atoms with Crippen molar-refractivity contribution < 1.29 is 19.0 Å². The number of methoxy groups -OCH3 is 1. The van der Waals surface area contributed by atoms with Crippen LogP contribution in [-0.2, 0) is 17.6 Å². The zero-order chi connectivity index (χ0) is 21.3. The predicted octanol–water partition coefficient (Wildman–Crippen LogP) is 5.16. The van der Waals surface area contributed by atoms with E-state index in [-0.39, 0.29) is 6.04 Å². The maximum atomic E-state index is 12.1. The fourth-order valence-corrected chi connectivity index (χ4v) is 2.94. The summed E-state index contributed by atoms with van der Waals surface area (Å²) in [6, 6.07) is 16.1. The Hall–Kier alpha value is -2.69. The number of rotatable bonds is 9. The Morgan fingerprint density at radius 1 is 1.03 bits per heavy atom. The van der Waals surface area contributed by atoms with Crippen LogP contribution in [0.1, 0.15) is 45.2 Å². The van der Waals surface area contributed by atoms with E-state index in [9.17, 15) is 4.79 Å². The number of hydrogen-bond donors (Lipinski definition) is 1. The summed E-state index contributed by atoms with van der Waals surface area (Å²) in [6.07, 6.45) is 1.92. The minimum Gasteiger partial charge on any atom is -0.493 e. The summed E-state index contributed by atoms with van der Waals surface area (Å²) in [5.41, 5.74) is 1.79. The van der Waals surface area contributed by atoms with Crippen molar-refractivity contribution in [2.75, 3.05) is 13.7 Å². The Bertz CT molecular complexity index is 768. The molecule has 0 aliphatic rings. The average molecular weight is 400 g/mol. The van der Waals surface area contributed by atoms with E-state index in [0.29, 0.717) is 24.5 Å². The third kappa shape index (κ3) is 8.06. The summed E-state index contributed by atoms with van der Waals surface area (Å²) < 4.78 is 16.8. The lowest BCUT2D eigenvalue weighted by atomic mass is 10.0. The van der Waals surface area contributed by atoms with Gasteiger partial charge in [0, 0.05) is 12.5 Å². The average Bonchev–Trinajstić information content (AvgIpc) is 2.67. The second-order valence-corrected chi connectivity index (χ2v) is 8.02. The molecular weight excluding hydrogens is 366 g/mol. The third-order valence-electron chi connectivity index (χ3n) is 4.41. The van der Waals surface area contributed by atoms with Gasteiger partial charge in [-0.1, -0.05) is 43.3 Å². The normalized spacial score (nSPS) is 12.2. The Balaban J connectivity index is 1.99. The van der Waals surface area contributed by atoms with Crippen LogP contribution >= 0.6 is 0 Å². The summed E-state index contributed by atoms with van der Waals surface area (Å²) in [6.45, 7) is 8.18. The van der Waals surface area contributed by atoms with Gasteiger partial charge in [-0.25, -0.2) is 4.79 Å². The van der Waals surface area contributed by atoms with Crippen LogP contribution < -0.4 is 14.8 Å². The number of alkyl carbamates (subject to hydrolysis) is 1. The molecule has 0 aromatic heterocycles. The van der Waals surface area contributed by atoms with Crippen molar-refractivity contribution in [3.63, 3.8) is 0 Å². The molecule has 1 unspecified atom stereocenters. The van der Waals surface area contributed by atoms with Crippen molar-refractivity contribution in [3.8, 4) is 11.5 Å². The van der Waals surface area contributed by atoms with Crippen LogP contribution in [0, 0.1) is 0 Å². The Labute approximate surface area is 174 Å². The molecule has 2 aromatic rings. The number of ether oxygens (including phenoxy) is 3. The highest BCUT2D eigenvalue weighted by Crippen LogP contribution is 2.29. The molecule has 5 nitrogen and oxygen atoms in total. The van der Waals surface area contributed by atoms with Crippen LogP contribution in [0.4, 0.5) is 4.79 Å². The fourth-order valence-electron chi connectivity index (χ4n) is 2.94. The van der Waals surface area contributed by atoms with Gasteiger partial charge in [-0.2, -0.15) is 0 Å². The predicted molar refractivity (Wildman–Crippen MR) is 116 cm³/mol.